The average molecular weight is 374 g/mol. The molecule has 3 heterocycles. The number of amides is 1. The fraction of sp³-hybridized carbons (Fsp3) is 0.167. The molecular formula is C12H9Cl2N5O3S. The smallest absolute Gasteiger partial charge is 0.322 e. The average Bonchev–Trinajstić information content (AvgIpc) is 3.18. The van der Waals surface area contributed by atoms with Crippen LogP contribution in [0.25, 0.3) is 11.5 Å². The first-order chi connectivity index (χ1) is 11.0. The molecule has 11 heteroatoms. The van der Waals surface area contributed by atoms with Crippen molar-refractivity contribution in [2.75, 3.05) is 12.4 Å². The standard InChI is InChI=1S/C12H9Cl2N5O3S/c1-19-4-6(11(18-19)21-2)9(20)15-12-17-16-10(22-12)5-3-7(13)23-8(5)14/h3-4H,1-2H3,(H,15,17,20). The Morgan fingerprint density at radius 1 is 1.43 bits per heavy atom. The molecule has 3 rings (SSSR count). The molecule has 3 aromatic heterocycles. The van der Waals surface area contributed by atoms with Gasteiger partial charge < -0.3 is 9.15 Å². The summed E-state index contributed by atoms with van der Waals surface area (Å²) in [6.45, 7) is 0. The summed E-state index contributed by atoms with van der Waals surface area (Å²) in [6.07, 6.45) is 1.51. The molecule has 1 N–H and O–H groups in total. The number of nitrogens with zero attached hydrogens (tertiary/aromatic N) is 4. The monoisotopic (exact) mass is 373 g/mol. The lowest BCUT2D eigenvalue weighted by atomic mass is 10.3. The second kappa shape index (κ2) is 6.19. The molecule has 0 aliphatic rings. The zero-order valence-corrected chi connectivity index (χ0v) is 14.2. The normalized spacial score (nSPS) is 10.8. The summed E-state index contributed by atoms with van der Waals surface area (Å²) >= 11 is 13.1. The molecule has 0 saturated carbocycles. The highest BCUT2D eigenvalue weighted by atomic mass is 35.5. The Morgan fingerprint density at radius 3 is 2.87 bits per heavy atom. The van der Waals surface area contributed by atoms with Crippen LogP contribution >= 0.6 is 34.5 Å². The highest BCUT2D eigenvalue weighted by Gasteiger charge is 2.20. The van der Waals surface area contributed by atoms with E-state index in [4.69, 9.17) is 32.4 Å². The fourth-order valence-corrected chi connectivity index (χ4v) is 3.26. The minimum Gasteiger partial charge on any atom is -0.479 e. The van der Waals surface area contributed by atoms with Gasteiger partial charge in [0.2, 0.25) is 5.88 Å². The van der Waals surface area contributed by atoms with E-state index in [0.717, 1.165) is 0 Å². The molecule has 3 aromatic rings. The molecule has 0 aliphatic carbocycles. The van der Waals surface area contributed by atoms with Gasteiger partial charge in [-0.3, -0.25) is 14.8 Å². The third-order valence-corrected chi connectivity index (χ3v) is 4.25. The van der Waals surface area contributed by atoms with Gasteiger partial charge in [-0.15, -0.1) is 21.5 Å². The van der Waals surface area contributed by atoms with Gasteiger partial charge in [-0.2, -0.15) is 0 Å². The molecule has 0 radical (unpaired) electrons. The van der Waals surface area contributed by atoms with Crippen LogP contribution in [0.15, 0.2) is 16.7 Å². The van der Waals surface area contributed by atoms with Crippen LogP contribution in [0.3, 0.4) is 0 Å². The molecule has 0 bridgehead atoms. The highest BCUT2D eigenvalue weighted by Crippen LogP contribution is 2.37. The Balaban J connectivity index is 1.81. The van der Waals surface area contributed by atoms with Gasteiger partial charge in [-0.25, -0.2) is 0 Å². The van der Waals surface area contributed by atoms with Crippen LogP contribution in [-0.4, -0.2) is 33.0 Å². The molecule has 0 aromatic carbocycles. The maximum atomic E-state index is 12.2. The number of ether oxygens (including phenoxy) is 1. The Bertz CT molecular complexity index is 872. The van der Waals surface area contributed by atoms with Gasteiger partial charge in [0.15, 0.2) is 0 Å². The van der Waals surface area contributed by atoms with Crippen LogP contribution in [0.2, 0.25) is 8.67 Å². The molecule has 23 heavy (non-hydrogen) atoms. The van der Waals surface area contributed by atoms with Crippen LogP contribution < -0.4 is 10.1 Å². The third-order valence-electron chi connectivity index (χ3n) is 2.77. The van der Waals surface area contributed by atoms with E-state index in [-0.39, 0.29) is 23.3 Å². The number of carbonyl (C=O) groups excluding carboxylic acids is 1. The third kappa shape index (κ3) is 3.16. The number of nitrogens with one attached hydrogen (secondary N) is 1. The van der Waals surface area contributed by atoms with Gasteiger partial charge in [-0.1, -0.05) is 28.3 Å². The van der Waals surface area contributed by atoms with Gasteiger partial charge in [0, 0.05) is 13.2 Å². The van der Waals surface area contributed by atoms with Crippen LogP contribution in [0, 0.1) is 0 Å². The van der Waals surface area contributed by atoms with E-state index in [0.29, 0.717) is 14.2 Å². The molecule has 0 spiro atoms. The lowest BCUT2D eigenvalue weighted by Crippen LogP contribution is -2.12. The van der Waals surface area contributed by atoms with Crippen LogP contribution in [0.4, 0.5) is 6.01 Å². The molecular weight excluding hydrogens is 365 g/mol. The largest absolute Gasteiger partial charge is 0.479 e. The molecule has 1 amide bonds. The lowest BCUT2D eigenvalue weighted by Gasteiger charge is -1.99. The molecule has 0 atom stereocenters. The van der Waals surface area contributed by atoms with E-state index in [2.05, 4.69) is 20.6 Å². The van der Waals surface area contributed by atoms with E-state index >= 15 is 0 Å². The van der Waals surface area contributed by atoms with Crippen molar-refractivity contribution < 1.29 is 13.9 Å². The zero-order valence-electron chi connectivity index (χ0n) is 11.8. The molecule has 0 saturated heterocycles. The number of aromatic nitrogens is 4. The second-order valence-corrected chi connectivity index (χ2v) is 6.62. The van der Waals surface area contributed by atoms with E-state index in [9.17, 15) is 4.79 Å². The maximum Gasteiger partial charge on any atom is 0.322 e. The van der Waals surface area contributed by atoms with Crippen LogP contribution in [0.1, 0.15) is 10.4 Å². The van der Waals surface area contributed by atoms with Crippen LogP contribution in [-0.2, 0) is 7.05 Å². The summed E-state index contributed by atoms with van der Waals surface area (Å²) < 4.78 is 12.8. The zero-order chi connectivity index (χ0) is 16.6. The number of rotatable bonds is 4. The van der Waals surface area contributed by atoms with Crippen molar-refractivity contribution in [1.82, 2.24) is 20.0 Å². The van der Waals surface area contributed by atoms with Crippen molar-refractivity contribution in [1.29, 1.82) is 0 Å². The van der Waals surface area contributed by atoms with Gasteiger partial charge in [0.05, 0.1) is 17.0 Å². The minimum absolute atomic E-state index is 0.0747. The number of methoxy groups -OCH3 is 1. The Kier molecular flexibility index (Phi) is 4.24. The maximum absolute atomic E-state index is 12.2. The molecule has 8 nitrogen and oxygen atoms in total. The second-order valence-electron chi connectivity index (χ2n) is 4.33. The summed E-state index contributed by atoms with van der Waals surface area (Å²) in [5, 5.41) is 14.1. The summed E-state index contributed by atoms with van der Waals surface area (Å²) in [6, 6.07) is 1.53. The number of halogens is 2. The van der Waals surface area contributed by atoms with E-state index in [1.807, 2.05) is 0 Å². The quantitative estimate of drug-likeness (QED) is 0.754. The van der Waals surface area contributed by atoms with Crippen molar-refractivity contribution in [3.8, 4) is 17.3 Å². The number of thiophene rings is 1. The van der Waals surface area contributed by atoms with Crippen molar-refractivity contribution in [2.45, 2.75) is 0 Å². The SMILES string of the molecule is COc1nn(C)cc1C(=O)Nc1nnc(-c2cc(Cl)sc2Cl)o1. The van der Waals surface area contributed by atoms with Gasteiger partial charge in [-0.05, 0) is 6.07 Å². The van der Waals surface area contributed by atoms with Gasteiger partial charge in [0.25, 0.3) is 11.8 Å². The first-order valence-electron chi connectivity index (χ1n) is 6.15. The number of aryl methyl sites for hydroxylation is 1. The minimum atomic E-state index is -0.486. The Hall–Kier alpha value is -2.10. The van der Waals surface area contributed by atoms with Gasteiger partial charge >= 0.3 is 6.01 Å². The van der Waals surface area contributed by atoms with Crippen molar-refractivity contribution in [3.63, 3.8) is 0 Å². The van der Waals surface area contributed by atoms with E-state index < -0.39 is 5.91 Å². The lowest BCUT2D eigenvalue weighted by molar-refractivity contribution is 0.102. The topological polar surface area (TPSA) is 95.1 Å². The van der Waals surface area contributed by atoms with Crippen molar-refractivity contribution in [2.24, 2.45) is 7.05 Å². The van der Waals surface area contributed by atoms with E-state index in [1.54, 1.807) is 13.1 Å². The number of anilines is 1. The molecule has 120 valence electrons. The van der Waals surface area contributed by atoms with Crippen LogP contribution in [0.5, 0.6) is 5.88 Å². The number of carbonyl (C=O) groups is 1. The van der Waals surface area contributed by atoms with Crippen molar-refractivity contribution in [3.05, 3.63) is 26.5 Å². The predicted octanol–water partition coefficient (Wildman–Crippen LogP) is 3.10. The first kappa shape index (κ1) is 15.8. The van der Waals surface area contributed by atoms with Gasteiger partial charge in [0.1, 0.15) is 9.90 Å². The molecule has 0 unspecified atom stereocenters. The predicted molar refractivity (Wildman–Crippen MR) is 85.3 cm³/mol. The molecule has 0 aliphatic heterocycles. The summed E-state index contributed by atoms with van der Waals surface area (Å²) in [5.41, 5.74) is 0.750. The summed E-state index contributed by atoms with van der Waals surface area (Å²) in [7, 11) is 3.10. The number of hydrogen-bond donors (Lipinski definition) is 1. The summed E-state index contributed by atoms with van der Waals surface area (Å²) in [5.74, 6) is -0.136. The summed E-state index contributed by atoms with van der Waals surface area (Å²) in [4.78, 5) is 12.2. The fourth-order valence-electron chi connectivity index (χ4n) is 1.81. The Labute approximate surface area is 144 Å². The van der Waals surface area contributed by atoms with E-state index in [1.165, 1.54) is 29.3 Å². The first-order valence-corrected chi connectivity index (χ1v) is 7.73. The highest BCUT2D eigenvalue weighted by molar-refractivity contribution is 7.20. The molecule has 0 fully saturated rings. The number of hydrogen-bond acceptors (Lipinski definition) is 7. The Morgan fingerprint density at radius 2 is 2.22 bits per heavy atom. The van der Waals surface area contributed by atoms with Crippen molar-refractivity contribution >= 4 is 46.5 Å².